The van der Waals surface area contributed by atoms with Crippen LogP contribution in [0.1, 0.15) is 23.8 Å². The zero-order valence-electron chi connectivity index (χ0n) is 12.4. The fourth-order valence-electron chi connectivity index (χ4n) is 2.95. The SMILES string of the molecule is CC1CC(CN)CN1C(=O)c1cc(-c2ccc(Cl)cc2)n[nH]1. The Morgan fingerprint density at radius 2 is 2.18 bits per heavy atom. The van der Waals surface area contributed by atoms with Gasteiger partial charge in [0.15, 0.2) is 0 Å². The molecule has 1 aromatic carbocycles. The number of nitrogens with zero attached hydrogens (tertiary/aromatic N) is 2. The number of nitrogens with two attached hydrogens (primary N) is 1. The van der Waals surface area contributed by atoms with Crippen LogP contribution in [-0.4, -0.2) is 40.1 Å². The summed E-state index contributed by atoms with van der Waals surface area (Å²) in [6.07, 6.45) is 0.959. The number of aromatic nitrogens is 2. The van der Waals surface area contributed by atoms with E-state index in [2.05, 4.69) is 17.1 Å². The molecule has 3 rings (SSSR count). The van der Waals surface area contributed by atoms with Crippen molar-refractivity contribution in [3.63, 3.8) is 0 Å². The average molecular weight is 319 g/mol. The van der Waals surface area contributed by atoms with E-state index in [0.29, 0.717) is 29.7 Å². The van der Waals surface area contributed by atoms with Gasteiger partial charge < -0.3 is 10.6 Å². The van der Waals surface area contributed by atoms with Crippen molar-refractivity contribution in [1.29, 1.82) is 0 Å². The van der Waals surface area contributed by atoms with Crippen molar-refractivity contribution in [2.45, 2.75) is 19.4 Å². The van der Waals surface area contributed by atoms with Crippen molar-refractivity contribution in [3.8, 4) is 11.3 Å². The number of amides is 1. The summed E-state index contributed by atoms with van der Waals surface area (Å²) in [7, 11) is 0. The number of carbonyl (C=O) groups excluding carboxylic acids is 1. The summed E-state index contributed by atoms with van der Waals surface area (Å²) in [4.78, 5) is 14.5. The number of rotatable bonds is 3. The Balaban J connectivity index is 1.79. The van der Waals surface area contributed by atoms with Crippen molar-refractivity contribution in [2.24, 2.45) is 11.7 Å². The number of halogens is 1. The average Bonchev–Trinajstić information content (AvgIpc) is 3.14. The summed E-state index contributed by atoms with van der Waals surface area (Å²) in [5.74, 6) is 0.369. The van der Waals surface area contributed by atoms with Gasteiger partial charge in [-0.25, -0.2) is 0 Å². The van der Waals surface area contributed by atoms with Gasteiger partial charge in [-0.1, -0.05) is 23.7 Å². The highest BCUT2D eigenvalue weighted by Crippen LogP contribution is 2.25. The van der Waals surface area contributed by atoms with Gasteiger partial charge in [0.05, 0.1) is 5.69 Å². The normalized spacial score (nSPS) is 21.3. The molecule has 1 aromatic heterocycles. The molecule has 2 atom stereocenters. The zero-order valence-corrected chi connectivity index (χ0v) is 13.2. The maximum atomic E-state index is 12.6. The van der Waals surface area contributed by atoms with Gasteiger partial charge in [0.2, 0.25) is 0 Å². The van der Waals surface area contributed by atoms with Crippen molar-refractivity contribution >= 4 is 17.5 Å². The molecule has 1 aliphatic heterocycles. The molecular formula is C16H19ClN4O. The first-order chi connectivity index (χ1) is 10.6. The quantitative estimate of drug-likeness (QED) is 0.913. The van der Waals surface area contributed by atoms with E-state index in [1.165, 1.54) is 0 Å². The van der Waals surface area contributed by atoms with Crippen LogP contribution in [-0.2, 0) is 0 Å². The molecule has 0 bridgehead atoms. The third-order valence-electron chi connectivity index (χ3n) is 4.20. The fourth-order valence-corrected chi connectivity index (χ4v) is 3.08. The van der Waals surface area contributed by atoms with E-state index < -0.39 is 0 Å². The van der Waals surface area contributed by atoms with Crippen LogP contribution in [0, 0.1) is 5.92 Å². The summed E-state index contributed by atoms with van der Waals surface area (Å²) < 4.78 is 0. The van der Waals surface area contributed by atoms with Crippen molar-refractivity contribution in [2.75, 3.05) is 13.1 Å². The molecule has 2 heterocycles. The molecule has 6 heteroatoms. The fraction of sp³-hybridized carbons (Fsp3) is 0.375. The Bertz CT molecular complexity index is 667. The van der Waals surface area contributed by atoms with Crippen LogP contribution in [0.4, 0.5) is 0 Å². The molecule has 3 N–H and O–H groups in total. The number of H-pyrrole nitrogens is 1. The van der Waals surface area contributed by atoms with E-state index in [4.69, 9.17) is 17.3 Å². The number of carbonyl (C=O) groups is 1. The molecular weight excluding hydrogens is 300 g/mol. The molecule has 0 aliphatic carbocycles. The smallest absolute Gasteiger partial charge is 0.272 e. The number of nitrogens with one attached hydrogen (secondary N) is 1. The van der Waals surface area contributed by atoms with Gasteiger partial charge >= 0.3 is 0 Å². The zero-order chi connectivity index (χ0) is 15.7. The second-order valence-electron chi connectivity index (χ2n) is 5.82. The van der Waals surface area contributed by atoms with Gasteiger partial charge in [-0.15, -0.1) is 0 Å². The molecule has 1 aliphatic rings. The second-order valence-corrected chi connectivity index (χ2v) is 6.25. The van der Waals surface area contributed by atoms with E-state index >= 15 is 0 Å². The Morgan fingerprint density at radius 1 is 1.45 bits per heavy atom. The van der Waals surface area contributed by atoms with E-state index in [1.807, 2.05) is 17.0 Å². The summed E-state index contributed by atoms with van der Waals surface area (Å²) in [6, 6.07) is 9.38. The van der Waals surface area contributed by atoms with Crippen LogP contribution in [0.5, 0.6) is 0 Å². The lowest BCUT2D eigenvalue weighted by Gasteiger charge is -2.20. The van der Waals surface area contributed by atoms with E-state index in [1.54, 1.807) is 18.2 Å². The van der Waals surface area contributed by atoms with Gasteiger partial charge in [-0.3, -0.25) is 9.89 Å². The Morgan fingerprint density at radius 3 is 2.82 bits per heavy atom. The minimum atomic E-state index is -0.0174. The van der Waals surface area contributed by atoms with Crippen LogP contribution < -0.4 is 5.73 Å². The highest BCUT2D eigenvalue weighted by molar-refractivity contribution is 6.30. The monoisotopic (exact) mass is 318 g/mol. The number of benzene rings is 1. The lowest BCUT2D eigenvalue weighted by Crippen LogP contribution is -2.34. The molecule has 0 spiro atoms. The predicted molar refractivity (Wildman–Crippen MR) is 86.7 cm³/mol. The minimum absolute atomic E-state index is 0.0174. The molecule has 5 nitrogen and oxygen atoms in total. The Hall–Kier alpha value is -1.85. The van der Waals surface area contributed by atoms with Crippen molar-refractivity contribution in [3.05, 3.63) is 41.0 Å². The molecule has 2 aromatic rings. The van der Waals surface area contributed by atoms with Crippen LogP contribution in [0.15, 0.2) is 30.3 Å². The molecule has 22 heavy (non-hydrogen) atoms. The van der Waals surface area contributed by atoms with Crippen molar-refractivity contribution < 1.29 is 4.79 Å². The van der Waals surface area contributed by atoms with Gasteiger partial charge in [0, 0.05) is 23.2 Å². The minimum Gasteiger partial charge on any atom is -0.334 e. The summed E-state index contributed by atoms with van der Waals surface area (Å²) in [5.41, 5.74) is 7.89. The van der Waals surface area contributed by atoms with Crippen molar-refractivity contribution in [1.82, 2.24) is 15.1 Å². The summed E-state index contributed by atoms with van der Waals surface area (Å²) in [6.45, 7) is 3.39. The largest absolute Gasteiger partial charge is 0.334 e. The Labute approximate surface area is 134 Å². The first-order valence-electron chi connectivity index (χ1n) is 7.41. The summed E-state index contributed by atoms with van der Waals surface area (Å²) in [5, 5.41) is 7.75. The van der Waals surface area contributed by atoms with Crippen LogP contribution in [0.3, 0.4) is 0 Å². The second kappa shape index (κ2) is 6.10. The molecule has 116 valence electrons. The maximum absolute atomic E-state index is 12.6. The van der Waals surface area contributed by atoms with Gasteiger partial charge in [0.1, 0.15) is 5.69 Å². The van der Waals surface area contributed by atoms with E-state index in [-0.39, 0.29) is 11.9 Å². The lowest BCUT2D eigenvalue weighted by atomic mass is 10.1. The van der Waals surface area contributed by atoms with Gasteiger partial charge in [0.25, 0.3) is 5.91 Å². The van der Waals surface area contributed by atoms with Crippen LogP contribution >= 0.6 is 11.6 Å². The number of hydrogen-bond donors (Lipinski definition) is 2. The van der Waals surface area contributed by atoms with Gasteiger partial charge in [-0.05, 0) is 44.0 Å². The predicted octanol–water partition coefficient (Wildman–Crippen LogP) is 2.54. The molecule has 1 saturated heterocycles. The maximum Gasteiger partial charge on any atom is 0.272 e. The molecule has 0 radical (unpaired) electrons. The first-order valence-corrected chi connectivity index (χ1v) is 7.78. The summed E-state index contributed by atoms with van der Waals surface area (Å²) >= 11 is 5.89. The number of hydrogen-bond acceptors (Lipinski definition) is 3. The third kappa shape index (κ3) is 2.87. The van der Waals surface area contributed by atoms with Crippen LogP contribution in [0.25, 0.3) is 11.3 Å². The van der Waals surface area contributed by atoms with E-state index in [0.717, 1.165) is 17.7 Å². The third-order valence-corrected chi connectivity index (χ3v) is 4.46. The van der Waals surface area contributed by atoms with Gasteiger partial charge in [-0.2, -0.15) is 5.10 Å². The first kappa shape index (κ1) is 15.1. The molecule has 2 unspecified atom stereocenters. The standard InChI is InChI=1S/C16H19ClN4O/c1-10-6-11(8-18)9-21(10)16(22)15-7-14(19-20-15)12-2-4-13(17)5-3-12/h2-5,7,10-11H,6,8-9,18H2,1H3,(H,19,20). The number of aromatic amines is 1. The molecule has 1 fully saturated rings. The molecule has 0 saturated carbocycles. The number of likely N-dealkylation sites (tertiary alicyclic amines) is 1. The molecule has 1 amide bonds. The van der Waals surface area contributed by atoms with E-state index in [9.17, 15) is 4.79 Å². The van der Waals surface area contributed by atoms with Crippen LogP contribution in [0.2, 0.25) is 5.02 Å². The highest BCUT2D eigenvalue weighted by atomic mass is 35.5. The Kier molecular flexibility index (Phi) is 4.18. The lowest BCUT2D eigenvalue weighted by molar-refractivity contribution is 0.0737. The topological polar surface area (TPSA) is 75.0 Å². The highest BCUT2D eigenvalue weighted by Gasteiger charge is 2.32.